The fourth-order valence-corrected chi connectivity index (χ4v) is 3.57. The SMILES string of the molecule is Cc1ccccc1C(=O)NC(=S)Nc1cc(C)c2oc(-c3ccccc3C)nc2c1. The van der Waals surface area contributed by atoms with E-state index in [9.17, 15) is 4.79 Å². The van der Waals surface area contributed by atoms with Crippen LogP contribution >= 0.6 is 12.2 Å². The molecule has 0 bridgehead atoms. The van der Waals surface area contributed by atoms with E-state index in [-0.39, 0.29) is 11.0 Å². The van der Waals surface area contributed by atoms with E-state index in [4.69, 9.17) is 16.6 Å². The van der Waals surface area contributed by atoms with Crippen LogP contribution in [0.2, 0.25) is 0 Å². The van der Waals surface area contributed by atoms with Crippen molar-refractivity contribution in [3.8, 4) is 11.5 Å². The lowest BCUT2D eigenvalue weighted by Crippen LogP contribution is -2.34. The summed E-state index contributed by atoms with van der Waals surface area (Å²) in [5, 5.41) is 6.03. The van der Waals surface area contributed by atoms with Gasteiger partial charge in [0.1, 0.15) is 5.52 Å². The number of carbonyl (C=O) groups is 1. The number of benzene rings is 3. The number of nitrogens with one attached hydrogen (secondary N) is 2. The molecular formula is C24H21N3O2S. The number of anilines is 1. The molecule has 0 aliphatic heterocycles. The van der Waals surface area contributed by atoms with E-state index in [2.05, 4.69) is 15.6 Å². The summed E-state index contributed by atoms with van der Waals surface area (Å²) in [5.41, 5.74) is 6.66. The number of nitrogens with zero attached hydrogens (tertiary/aromatic N) is 1. The Morgan fingerprint density at radius 2 is 1.63 bits per heavy atom. The van der Waals surface area contributed by atoms with Gasteiger partial charge in [-0.15, -0.1) is 0 Å². The first kappa shape index (κ1) is 19.8. The monoisotopic (exact) mass is 415 g/mol. The van der Waals surface area contributed by atoms with Crippen LogP contribution in [0.5, 0.6) is 0 Å². The molecule has 4 aromatic rings. The molecule has 4 rings (SSSR count). The van der Waals surface area contributed by atoms with Gasteiger partial charge >= 0.3 is 0 Å². The van der Waals surface area contributed by atoms with E-state index in [0.717, 1.165) is 39.0 Å². The van der Waals surface area contributed by atoms with Crippen molar-refractivity contribution < 1.29 is 9.21 Å². The number of aryl methyl sites for hydroxylation is 3. The van der Waals surface area contributed by atoms with Crippen LogP contribution in [0.15, 0.2) is 65.1 Å². The Morgan fingerprint density at radius 1 is 0.933 bits per heavy atom. The summed E-state index contributed by atoms with van der Waals surface area (Å²) < 4.78 is 6.02. The number of rotatable bonds is 3. The zero-order valence-electron chi connectivity index (χ0n) is 16.9. The molecule has 0 unspecified atom stereocenters. The van der Waals surface area contributed by atoms with Crippen LogP contribution in [0.1, 0.15) is 27.0 Å². The fraction of sp³-hybridized carbons (Fsp3) is 0.125. The maximum atomic E-state index is 12.5. The number of carbonyl (C=O) groups excluding carboxylic acids is 1. The van der Waals surface area contributed by atoms with Gasteiger partial charge in [-0.3, -0.25) is 10.1 Å². The van der Waals surface area contributed by atoms with Crippen LogP contribution in [0.4, 0.5) is 5.69 Å². The van der Waals surface area contributed by atoms with Crippen LogP contribution in [-0.4, -0.2) is 16.0 Å². The van der Waals surface area contributed by atoms with Crippen molar-refractivity contribution in [2.45, 2.75) is 20.8 Å². The van der Waals surface area contributed by atoms with Gasteiger partial charge in [0.25, 0.3) is 5.91 Å². The Hall–Kier alpha value is -3.51. The summed E-state index contributed by atoms with van der Waals surface area (Å²) in [7, 11) is 0. The van der Waals surface area contributed by atoms with Crippen LogP contribution in [0.25, 0.3) is 22.6 Å². The first-order chi connectivity index (χ1) is 14.4. The summed E-state index contributed by atoms with van der Waals surface area (Å²) in [5.74, 6) is 0.338. The second kappa shape index (κ2) is 8.08. The third kappa shape index (κ3) is 3.95. The summed E-state index contributed by atoms with van der Waals surface area (Å²) in [6.45, 7) is 5.87. The molecule has 0 saturated carbocycles. The Kier molecular flexibility index (Phi) is 5.33. The Balaban J connectivity index is 1.56. The van der Waals surface area contributed by atoms with Gasteiger partial charge < -0.3 is 9.73 Å². The Morgan fingerprint density at radius 3 is 2.37 bits per heavy atom. The largest absolute Gasteiger partial charge is 0.436 e. The number of thiocarbonyl (C=S) groups is 1. The maximum absolute atomic E-state index is 12.5. The normalized spacial score (nSPS) is 10.8. The topological polar surface area (TPSA) is 67.2 Å². The molecule has 1 amide bonds. The summed E-state index contributed by atoms with van der Waals surface area (Å²) >= 11 is 5.33. The molecule has 0 atom stereocenters. The van der Waals surface area contributed by atoms with E-state index in [1.165, 1.54) is 0 Å². The third-order valence-corrected chi connectivity index (χ3v) is 5.13. The molecule has 0 spiro atoms. The lowest BCUT2D eigenvalue weighted by atomic mass is 10.1. The molecule has 0 aliphatic carbocycles. The first-order valence-electron chi connectivity index (χ1n) is 9.57. The van der Waals surface area contributed by atoms with Crippen molar-refractivity contribution in [3.63, 3.8) is 0 Å². The predicted octanol–water partition coefficient (Wildman–Crippen LogP) is 5.55. The van der Waals surface area contributed by atoms with Crippen LogP contribution in [0.3, 0.4) is 0 Å². The summed E-state index contributed by atoms with van der Waals surface area (Å²) in [4.78, 5) is 17.1. The average Bonchev–Trinajstić information content (AvgIpc) is 3.13. The number of hydrogen-bond acceptors (Lipinski definition) is 4. The molecule has 0 fully saturated rings. The van der Waals surface area contributed by atoms with Gasteiger partial charge in [0.05, 0.1) is 0 Å². The molecule has 0 radical (unpaired) electrons. The smallest absolute Gasteiger partial charge is 0.257 e. The van der Waals surface area contributed by atoms with Gasteiger partial charge in [-0.25, -0.2) is 4.98 Å². The zero-order valence-corrected chi connectivity index (χ0v) is 17.8. The number of fused-ring (bicyclic) bond motifs is 1. The van der Waals surface area contributed by atoms with Gasteiger partial charge in [-0.2, -0.15) is 0 Å². The molecule has 2 N–H and O–H groups in total. The highest BCUT2D eigenvalue weighted by Crippen LogP contribution is 2.30. The number of amides is 1. The Labute approximate surface area is 180 Å². The predicted molar refractivity (Wildman–Crippen MR) is 124 cm³/mol. The molecule has 30 heavy (non-hydrogen) atoms. The minimum Gasteiger partial charge on any atom is -0.436 e. The molecule has 1 heterocycles. The van der Waals surface area contributed by atoms with E-state index in [1.807, 2.05) is 75.4 Å². The van der Waals surface area contributed by atoms with Crippen molar-refractivity contribution >= 4 is 40.0 Å². The summed E-state index contributed by atoms with van der Waals surface area (Å²) in [6, 6.07) is 19.1. The van der Waals surface area contributed by atoms with Crippen molar-refractivity contribution in [3.05, 3.63) is 82.9 Å². The van der Waals surface area contributed by atoms with Crippen LogP contribution in [-0.2, 0) is 0 Å². The highest BCUT2D eigenvalue weighted by atomic mass is 32.1. The minimum atomic E-state index is -0.244. The van der Waals surface area contributed by atoms with Gasteiger partial charge in [-0.1, -0.05) is 36.4 Å². The highest BCUT2D eigenvalue weighted by Gasteiger charge is 2.14. The lowest BCUT2D eigenvalue weighted by Gasteiger charge is -2.11. The second-order valence-electron chi connectivity index (χ2n) is 7.20. The standard InChI is InChI=1S/C24H21N3O2S/c1-14-8-4-6-10-18(14)22(28)27-24(30)25-17-12-16(3)21-20(13-17)26-23(29-21)19-11-7-5-9-15(19)2/h4-13H,1-3H3,(H2,25,27,28,30). The Bertz CT molecular complexity index is 1280. The van der Waals surface area contributed by atoms with E-state index in [0.29, 0.717) is 11.5 Å². The second-order valence-corrected chi connectivity index (χ2v) is 7.61. The van der Waals surface area contributed by atoms with Gasteiger partial charge in [0, 0.05) is 16.8 Å². The van der Waals surface area contributed by atoms with Crippen molar-refractivity contribution in [2.75, 3.05) is 5.32 Å². The van der Waals surface area contributed by atoms with Crippen LogP contribution in [0, 0.1) is 20.8 Å². The van der Waals surface area contributed by atoms with Crippen molar-refractivity contribution in [1.82, 2.24) is 10.3 Å². The molecule has 150 valence electrons. The quantitative estimate of drug-likeness (QED) is 0.430. The molecule has 6 heteroatoms. The molecule has 1 aromatic heterocycles. The van der Waals surface area contributed by atoms with E-state index in [1.54, 1.807) is 6.07 Å². The summed E-state index contributed by atoms with van der Waals surface area (Å²) in [6.07, 6.45) is 0. The van der Waals surface area contributed by atoms with Crippen molar-refractivity contribution in [2.24, 2.45) is 0 Å². The van der Waals surface area contributed by atoms with Gasteiger partial charge in [-0.05, 0) is 73.9 Å². The zero-order chi connectivity index (χ0) is 21.3. The first-order valence-corrected chi connectivity index (χ1v) is 9.98. The highest BCUT2D eigenvalue weighted by molar-refractivity contribution is 7.80. The third-order valence-electron chi connectivity index (χ3n) is 4.93. The van der Waals surface area contributed by atoms with E-state index < -0.39 is 0 Å². The van der Waals surface area contributed by atoms with Crippen molar-refractivity contribution in [1.29, 1.82) is 0 Å². The van der Waals surface area contributed by atoms with E-state index >= 15 is 0 Å². The van der Waals surface area contributed by atoms with Gasteiger partial charge in [0.2, 0.25) is 5.89 Å². The number of oxazole rings is 1. The molecule has 3 aromatic carbocycles. The maximum Gasteiger partial charge on any atom is 0.257 e. The number of aromatic nitrogens is 1. The molecule has 0 aliphatic rings. The number of hydrogen-bond donors (Lipinski definition) is 2. The minimum absolute atomic E-state index is 0.227. The molecule has 0 saturated heterocycles. The molecular weight excluding hydrogens is 394 g/mol. The van der Waals surface area contributed by atoms with Gasteiger partial charge in [0.15, 0.2) is 10.7 Å². The average molecular weight is 416 g/mol. The fourth-order valence-electron chi connectivity index (χ4n) is 3.36. The molecule has 5 nitrogen and oxygen atoms in total. The lowest BCUT2D eigenvalue weighted by molar-refractivity contribution is 0.0977. The van der Waals surface area contributed by atoms with Crippen LogP contribution < -0.4 is 10.6 Å².